The van der Waals surface area contributed by atoms with Crippen LogP contribution in [0.25, 0.3) is 11.3 Å². The summed E-state index contributed by atoms with van der Waals surface area (Å²) in [6.45, 7) is 3.20. The molecule has 172 valence electrons. The molecule has 0 spiro atoms. The first-order chi connectivity index (χ1) is 15.8. The molecule has 1 atom stereocenters. The number of fused-ring (bicyclic) bond motifs is 1. The molecule has 0 saturated carbocycles. The Morgan fingerprint density at radius 2 is 1.79 bits per heavy atom. The molecule has 2 N–H and O–H groups in total. The van der Waals surface area contributed by atoms with Gasteiger partial charge in [0.25, 0.3) is 0 Å². The van der Waals surface area contributed by atoms with Gasteiger partial charge in [0.15, 0.2) is 5.13 Å². The van der Waals surface area contributed by atoms with Crippen LogP contribution in [0.15, 0.2) is 53.9 Å². The minimum Gasteiger partial charge on any atom is -0.326 e. The highest BCUT2D eigenvalue weighted by Gasteiger charge is 2.38. The molecular weight excluding hydrogens is 460 g/mol. The lowest BCUT2D eigenvalue weighted by atomic mass is 9.95. The first kappa shape index (κ1) is 23.1. The summed E-state index contributed by atoms with van der Waals surface area (Å²) in [4.78, 5) is 28.8. The van der Waals surface area contributed by atoms with Crippen molar-refractivity contribution in [2.45, 2.75) is 32.9 Å². The fourth-order valence-corrected chi connectivity index (χ4v) is 5.71. The molecule has 1 aromatic heterocycles. The van der Waals surface area contributed by atoms with Gasteiger partial charge in [-0.15, -0.1) is 11.3 Å². The lowest BCUT2D eigenvalue weighted by Gasteiger charge is -2.34. The van der Waals surface area contributed by atoms with Gasteiger partial charge in [0.2, 0.25) is 21.8 Å². The van der Waals surface area contributed by atoms with Crippen molar-refractivity contribution in [3.8, 4) is 11.3 Å². The number of rotatable bonds is 6. The summed E-state index contributed by atoms with van der Waals surface area (Å²) in [5.41, 5.74) is 4.08. The van der Waals surface area contributed by atoms with Crippen molar-refractivity contribution < 1.29 is 18.0 Å². The predicted octanol–water partition coefficient (Wildman–Crippen LogP) is 3.48. The maximum absolute atomic E-state index is 13.2. The summed E-state index contributed by atoms with van der Waals surface area (Å²) >= 11 is 1.27. The highest BCUT2D eigenvalue weighted by Crippen LogP contribution is 2.29. The predicted molar refractivity (Wildman–Crippen MR) is 129 cm³/mol. The lowest BCUT2D eigenvalue weighted by Crippen LogP contribution is -2.51. The van der Waals surface area contributed by atoms with Crippen LogP contribution in [0.3, 0.4) is 0 Å². The van der Waals surface area contributed by atoms with E-state index in [1.165, 1.54) is 22.6 Å². The Bertz CT molecular complexity index is 1290. The smallest absolute Gasteiger partial charge is 0.244 e. The average Bonchev–Trinajstić information content (AvgIpc) is 3.26. The largest absolute Gasteiger partial charge is 0.326 e. The topological polar surface area (TPSA) is 108 Å². The van der Waals surface area contributed by atoms with E-state index in [0.717, 1.165) is 16.7 Å². The van der Waals surface area contributed by atoms with E-state index in [4.69, 9.17) is 0 Å². The number of carbonyl (C=O) groups is 2. The summed E-state index contributed by atoms with van der Waals surface area (Å²) in [5, 5.41) is 7.73. The van der Waals surface area contributed by atoms with E-state index < -0.39 is 22.0 Å². The minimum atomic E-state index is -3.58. The van der Waals surface area contributed by atoms with E-state index >= 15 is 0 Å². The molecule has 0 bridgehead atoms. The third-order valence-corrected chi connectivity index (χ3v) is 8.05. The summed E-state index contributed by atoms with van der Waals surface area (Å²) in [5.74, 6) is -0.622. The number of sulfonamides is 1. The molecule has 33 heavy (non-hydrogen) atoms. The number of amides is 2. The number of carbonyl (C=O) groups excluding carboxylic acids is 2. The van der Waals surface area contributed by atoms with Crippen LogP contribution in [0.1, 0.15) is 25.0 Å². The Morgan fingerprint density at radius 1 is 1.09 bits per heavy atom. The van der Waals surface area contributed by atoms with Crippen molar-refractivity contribution in [3.63, 3.8) is 0 Å². The highest BCUT2D eigenvalue weighted by molar-refractivity contribution is 7.89. The second-order valence-corrected chi connectivity index (χ2v) is 10.8. The van der Waals surface area contributed by atoms with E-state index in [2.05, 4.69) is 15.6 Å². The maximum Gasteiger partial charge on any atom is 0.244 e. The molecule has 0 saturated heterocycles. The number of aromatic nitrogens is 1. The third-order valence-electron chi connectivity index (χ3n) is 5.47. The van der Waals surface area contributed by atoms with Gasteiger partial charge in [-0.2, -0.15) is 4.31 Å². The first-order valence-corrected chi connectivity index (χ1v) is 13.0. The maximum atomic E-state index is 13.2. The van der Waals surface area contributed by atoms with Crippen molar-refractivity contribution in [2.24, 2.45) is 0 Å². The number of hydrogen-bond acceptors (Lipinski definition) is 6. The van der Waals surface area contributed by atoms with Gasteiger partial charge >= 0.3 is 0 Å². The van der Waals surface area contributed by atoms with E-state index in [1.807, 2.05) is 41.8 Å². The molecule has 1 aliphatic heterocycles. The van der Waals surface area contributed by atoms with Crippen LogP contribution < -0.4 is 10.6 Å². The normalized spacial score (nSPS) is 16.1. The van der Waals surface area contributed by atoms with E-state index in [1.54, 1.807) is 19.1 Å². The van der Waals surface area contributed by atoms with Crippen LogP contribution in [0.4, 0.5) is 10.8 Å². The zero-order valence-electron chi connectivity index (χ0n) is 18.2. The van der Waals surface area contributed by atoms with Crippen molar-refractivity contribution in [1.82, 2.24) is 9.29 Å². The van der Waals surface area contributed by atoms with Gasteiger partial charge in [-0.25, -0.2) is 13.4 Å². The summed E-state index contributed by atoms with van der Waals surface area (Å²) in [6, 6.07) is 14.0. The Labute approximate surface area is 196 Å². The van der Waals surface area contributed by atoms with Gasteiger partial charge in [0.1, 0.15) is 6.04 Å². The zero-order chi connectivity index (χ0) is 23.6. The standard InChI is InChI=1S/C23H24N4O4S2/c1-3-33(30,31)27-13-18-7-5-4-6-17(18)12-21(27)22(29)26-23-25-20(14-32-23)16-8-10-19(11-9-16)24-15(2)28/h4-11,14,21H,3,12-13H2,1-2H3,(H,24,28)(H,25,26,29)/t21-/m1/s1. The van der Waals surface area contributed by atoms with Gasteiger partial charge in [-0.3, -0.25) is 9.59 Å². The van der Waals surface area contributed by atoms with Gasteiger partial charge in [0.05, 0.1) is 11.4 Å². The quantitative estimate of drug-likeness (QED) is 0.557. The molecule has 2 amide bonds. The van der Waals surface area contributed by atoms with Crippen molar-refractivity contribution in [3.05, 3.63) is 65.0 Å². The molecule has 3 aromatic rings. The fourth-order valence-electron chi connectivity index (χ4n) is 3.76. The molecule has 8 nitrogen and oxygen atoms in total. The van der Waals surface area contributed by atoms with Gasteiger partial charge in [-0.1, -0.05) is 36.4 Å². The molecular formula is C23H24N4O4S2. The molecule has 0 aliphatic carbocycles. The minimum absolute atomic E-state index is 0.0746. The number of nitrogens with one attached hydrogen (secondary N) is 2. The molecule has 4 rings (SSSR count). The molecule has 10 heteroatoms. The SMILES string of the molecule is CCS(=O)(=O)N1Cc2ccccc2C[C@@H]1C(=O)Nc1nc(-c2ccc(NC(C)=O)cc2)cs1. The first-order valence-electron chi connectivity index (χ1n) is 10.5. The molecule has 0 radical (unpaired) electrons. The van der Waals surface area contributed by atoms with E-state index in [9.17, 15) is 18.0 Å². The Morgan fingerprint density at radius 3 is 2.45 bits per heavy atom. The lowest BCUT2D eigenvalue weighted by molar-refractivity contribution is -0.120. The molecule has 0 unspecified atom stereocenters. The fraction of sp³-hybridized carbons (Fsp3) is 0.261. The van der Waals surface area contributed by atoms with Gasteiger partial charge in [-0.05, 0) is 36.6 Å². The Kier molecular flexibility index (Phi) is 6.59. The Balaban J connectivity index is 1.52. The summed E-state index contributed by atoms with van der Waals surface area (Å²) < 4.78 is 26.7. The molecule has 1 aliphatic rings. The monoisotopic (exact) mass is 484 g/mol. The third kappa shape index (κ3) is 5.13. The van der Waals surface area contributed by atoms with Crippen molar-refractivity contribution in [2.75, 3.05) is 16.4 Å². The highest BCUT2D eigenvalue weighted by atomic mass is 32.2. The van der Waals surface area contributed by atoms with Crippen LogP contribution in [0.2, 0.25) is 0 Å². The van der Waals surface area contributed by atoms with Crippen LogP contribution in [-0.2, 0) is 32.6 Å². The number of nitrogens with zero attached hydrogens (tertiary/aromatic N) is 2. The second-order valence-electron chi connectivity index (χ2n) is 7.72. The van der Waals surface area contributed by atoms with E-state index in [0.29, 0.717) is 22.9 Å². The zero-order valence-corrected chi connectivity index (χ0v) is 19.9. The molecule has 0 fully saturated rings. The van der Waals surface area contributed by atoms with Gasteiger partial charge in [0, 0.05) is 30.1 Å². The number of thiazole rings is 1. The number of hydrogen-bond donors (Lipinski definition) is 2. The number of benzene rings is 2. The van der Waals surface area contributed by atoms with Crippen LogP contribution in [0, 0.1) is 0 Å². The van der Waals surface area contributed by atoms with Crippen molar-refractivity contribution in [1.29, 1.82) is 0 Å². The van der Waals surface area contributed by atoms with Crippen LogP contribution in [-0.4, -0.2) is 41.3 Å². The van der Waals surface area contributed by atoms with Crippen LogP contribution in [0.5, 0.6) is 0 Å². The van der Waals surface area contributed by atoms with E-state index in [-0.39, 0.29) is 18.2 Å². The van der Waals surface area contributed by atoms with Crippen LogP contribution >= 0.6 is 11.3 Å². The summed E-state index contributed by atoms with van der Waals surface area (Å²) in [7, 11) is -3.58. The molecule has 2 aromatic carbocycles. The second kappa shape index (κ2) is 9.42. The molecule has 2 heterocycles. The van der Waals surface area contributed by atoms with Crippen molar-refractivity contribution >= 4 is 44.0 Å². The number of anilines is 2. The Hall–Kier alpha value is -3.08. The average molecular weight is 485 g/mol. The summed E-state index contributed by atoms with van der Waals surface area (Å²) in [6.07, 6.45) is 0.310. The van der Waals surface area contributed by atoms with Gasteiger partial charge < -0.3 is 10.6 Å².